The molecule has 0 aromatic heterocycles. The summed E-state index contributed by atoms with van der Waals surface area (Å²) in [6.07, 6.45) is 4.97. The number of hydrogen-bond acceptors (Lipinski definition) is 7. The van der Waals surface area contributed by atoms with Crippen LogP contribution >= 0.6 is 0 Å². The summed E-state index contributed by atoms with van der Waals surface area (Å²) < 4.78 is 9.44. The van der Waals surface area contributed by atoms with Gasteiger partial charge in [0.05, 0.1) is 37.8 Å². The largest absolute Gasteiger partial charge is 0.465 e. The molecule has 0 unspecified atom stereocenters. The number of hydrogen-bond donors (Lipinski definition) is 2. The van der Waals surface area contributed by atoms with Crippen molar-refractivity contribution < 1.29 is 33.4 Å². The Morgan fingerprint density at radius 1 is 0.971 bits per heavy atom. The minimum atomic E-state index is -0.906. The number of benzene rings is 1. The van der Waals surface area contributed by atoms with Crippen LogP contribution in [-0.4, -0.2) is 66.9 Å². The lowest BCUT2D eigenvalue weighted by Crippen LogP contribution is -2.68. The van der Waals surface area contributed by atoms with Crippen molar-refractivity contribution in [3.05, 3.63) is 29.3 Å². The van der Waals surface area contributed by atoms with Crippen molar-refractivity contribution in [2.75, 3.05) is 19.5 Å². The van der Waals surface area contributed by atoms with Crippen LogP contribution in [0, 0.1) is 5.92 Å². The third-order valence-corrected chi connectivity index (χ3v) is 6.67. The molecule has 10 heteroatoms. The molecule has 2 aliphatic carbocycles. The minimum Gasteiger partial charge on any atom is -0.465 e. The minimum absolute atomic E-state index is 0.0507. The van der Waals surface area contributed by atoms with E-state index in [9.17, 15) is 24.0 Å². The van der Waals surface area contributed by atoms with Gasteiger partial charge in [0.15, 0.2) is 0 Å². The first-order valence-corrected chi connectivity index (χ1v) is 11.6. The van der Waals surface area contributed by atoms with Crippen LogP contribution in [0.1, 0.15) is 65.7 Å². The Kier molecular flexibility index (Phi) is 6.85. The van der Waals surface area contributed by atoms with E-state index in [1.807, 2.05) is 0 Å². The molecule has 3 fully saturated rings. The van der Waals surface area contributed by atoms with Gasteiger partial charge in [-0.2, -0.15) is 0 Å². The zero-order valence-corrected chi connectivity index (χ0v) is 19.3. The molecular formula is C24H29N3O7. The Bertz CT molecular complexity index is 986. The van der Waals surface area contributed by atoms with Crippen molar-refractivity contribution in [1.29, 1.82) is 0 Å². The van der Waals surface area contributed by atoms with E-state index in [4.69, 9.17) is 9.47 Å². The van der Waals surface area contributed by atoms with Gasteiger partial charge in [0.25, 0.3) is 0 Å². The molecule has 2 saturated carbocycles. The zero-order chi connectivity index (χ0) is 24.4. The smallest absolute Gasteiger partial charge is 0.337 e. The maximum Gasteiger partial charge on any atom is 0.337 e. The highest BCUT2D eigenvalue weighted by molar-refractivity contribution is 6.01. The molecule has 1 aromatic rings. The first-order valence-electron chi connectivity index (χ1n) is 11.6. The lowest BCUT2D eigenvalue weighted by Gasteiger charge is -2.48. The normalized spacial score (nSPS) is 23.9. The molecule has 182 valence electrons. The van der Waals surface area contributed by atoms with E-state index in [2.05, 4.69) is 10.6 Å². The molecule has 4 rings (SSSR count). The number of esters is 2. The van der Waals surface area contributed by atoms with Crippen LogP contribution in [0.2, 0.25) is 0 Å². The Hall–Kier alpha value is -3.43. The summed E-state index contributed by atoms with van der Waals surface area (Å²) in [5, 5.41) is 5.66. The van der Waals surface area contributed by atoms with Crippen molar-refractivity contribution >= 4 is 35.3 Å². The molecule has 1 saturated heterocycles. The van der Waals surface area contributed by atoms with E-state index < -0.39 is 23.9 Å². The zero-order valence-electron chi connectivity index (χ0n) is 19.3. The second kappa shape index (κ2) is 9.82. The quantitative estimate of drug-likeness (QED) is 0.603. The first-order chi connectivity index (χ1) is 16.3. The van der Waals surface area contributed by atoms with Crippen molar-refractivity contribution in [1.82, 2.24) is 10.2 Å². The van der Waals surface area contributed by atoms with Crippen molar-refractivity contribution in [3.8, 4) is 0 Å². The molecule has 1 heterocycles. The fraction of sp³-hybridized carbons (Fsp3) is 0.542. The predicted molar refractivity (Wildman–Crippen MR) is 120 cm³/mol. The number of carbonyl (C=O) groups is 5. The van der Waals surface area contributed by atoms with Crippen LogP contribution < -0.4 is 10.6 Å². The fourth-order valence-corrected chi connectivity index (χ4v) is 4.86. The van der Waals surface area contributed by atoms with Gasteiger partial charge < -0.3 is 25.0 Å². The van der Waals surface area contributed by atoms with Crippen LogP contribution in [-0.2, 0) is 23.9 Å². The van der Waals surface area contributed by atoms with Gasteiger partial charge in [0.1, 0.15) is 6.04 Å². The van der Waals surface area contributed by atoms with Crippen LogP contribution in [0.3, 0.4) is 0 Å². The second-order valence-corrected chi connectivity index (χ2v) is 9.04. The second-order valence-electron chi connectivity index (χ2n) is 9.04. The van der Waals surface area contributed by atoms with Crippen molar-refractivity contribution in [2.24, 2.45) is 5.92 Å². The molecule has 0 bridgehead atoms. The van der Waals surface area contributed by atoms with E-state index in [-0.39, 0.29) is 53.1 Å². The highest BCUT2D eigenvalue weighted by Crippen LogP contribution is 2.37. The summed E-state index contributed by atoms with van der Waals surface area (Å²) >= 11 is 0. The van der Waals surface area contributed by atoms with E-state index in [1.54, 1.807) is 4.90 Å². The summed E-state index contributed by atoms with van der Waals surface area (Å²) in [6.45, 7) is 0. The maximum absolute atomic E-state index is 13.1. The monoisotopic (exact) mass is 471 g/mol. The van der Waals surface area contributed by atoms with Gasteiger partial charge in [0.2, 0.25) is 17.7 Å². The molecule has 1 aromatic carbocycles. The predicted octanol–water partition coefficient (Wildman–Crippen LogP) is 1.64. The maximum atomic E-state index is 13.1. The lowest BCUT2D eigenvalue weighted by atomic mass is 9.85. The number of nitrogens with one attached hydrogen (secondary N) is 2. The lowest BCUT2D eigenvalue weighted by molar-refractivity contribution is -0.152. The van der Waals surface area contributed by atoms with Crippen LogP contribution in [0.15, 0.2) is 18.2 Å². The highest BCUT2D eigenvalue weighted by atomic mass is 16.5. The van der Waals surface area contributed by atoms with Crippen LogP contribution in [0.4, 0.5) is 5.69 Å². The van der Waals surface area contributed by atoms with Gasteiger partial charge in [-0.3, -0.25) is 14.4 Å². The molecule has 0 spiro atoms. The molecule has 3 aliphatic rings. The Morgan fingerprint density at radius 3 is 2.18 bits per heavy atom. The number of nitrogens with zero attached hydrogens (tertiary/aromatic N) is 1. The van der Waals surface area contributed by atoms with Gasteiger partial charge in [-0.15, -0.1) is 0 Å². The topological polar surface area (TPSA) is 131 Å². The number of ether oxygens (including phenoxy) is 2. The van der Waals surface area contributed by atoms with Crippen LogP contribution in [0.25, 0.3) is 0 Å². The van der Waals surface area contributed by atoms with Gasteiger partial charge in [-0.25, -0.2) is 9.59 Å². The molecule has 3 atom stereocenters. The van der Waals surface area contributed by atoms with Gasteiger partial charge in [0, 0.05) is 17.6 Å². The average Bonchev–Trinajstić information content (AvgIpc) is 3.68. The van der Waals surface area contributed by atoms with E-state index in [1.165, 1.54) is 32.4 Å². The first kappa shape index (κ1) is 23.7. The number of fused-ring (bicyclic) bond motifs is 1. The number of piperazine rings is 1. The molecule has 34 heavy (non-hydrogen) atoms. The van der Waals surface area contributed by atoms with Crippen molar-refractivity contribution in [3.63, 3.8) is 0 Å². The molecule has 10 nitrogen and oxygen atoms in total. The summed E-state index contributed by atoms with van der Waals surface area (Å²) in [7, 11) is 2.41. The van der Waals surface area contributed by atoms with Crippen LogP contribution in [0.5, 0.6) is 0 Å². The molecule has 1 aliphatic heterocycles. The van der Waals surface area contributed by atoms with Crippen molar-refractivity contribution in [2.45, 2.75) is 63.1 Å². The standard InChI is InChI=1S/C24H29N3O7/c1-33-23(31)14-9-15(24(32)34-2)11-16(10-14)25-20(28)12-19-21(29)26-17-5-3-4-6-18(17)27(19)22(30)13-7-8-13/h9-11,13,17-19H,3-8,12H2,1-2H3,(H,25,28)(H,26,29)/t17-,18-,19-/m1/s1. The Balaban J connectivity index is 1.55. The SMILES string of the molecule is COC(=O)c1cc(NC(=O)C[C@@H]2C(=O)N[C@@H]3CCCC[C@H]3N2C(=O)C2CC2)cc(C(=O)OC)c1. The summed E-state index contributed by atoms with van der Waals surface area (Å²) in [4.78, 5) is 64.7. The Labute approximate surface area is 197 Å². The number of rotatable bonds is 6. The number of carbonyl (C=O) groups excluding carboxylic acids is 5. The number of anilines is 1. The summed E-state index contributed by atoms with van der Waals surface area (Å²) in [6, 6.07) is 2.97. The van der Waals surface area contributed by atoms with Gasteiger partial charge in [-0.1, -0.05) is 12.8 Å². The van der Waals surface area contributed by atoms with Gasteiger partial charge >= 0.3 is 11.9 Å². The molecular weight excluding hydrogens is 442 g/mol. The summed E-state index contributed by atoms with van der Waals surface area (Å²) in [5.74, 6) is -2.33. The number of amides is 3. The molecule has 3 amide bonds. The van der Waals surface area contributed by atoms with E-state index >= 15 is 0 Å². The number of methoxy groups -OCH3 is 2. The Morgan fingerprint density at radius 2 is 1.59 bits per heavy atom. The van der Waals surface area contributed by atoms with E-state index in [0.717, 1.165) is 38.5 Å². The van der Waals surface area contributed by atoms with Gasteiger partial charge in [-0.05, 0) is 43.9 Å². The summed E-state index contributed by atoms with van der Waals surface area (Å²) in [5.41, 5.74) is 0.304. The molecule has 0 radical (unpaired) electrons. The highest BCUT2D eigenvalue weighted by Gasteiger charge is 2.48. The van der Waals surface area contributed by atoms with E-state index in [0.29, 0.717) is 0 Å². The average molecular weight is 472 g/mol. The molecule has 2 N–H and O–H groups in total. The third kappa shape index (κ3) is 4.90. The fourth-order valence-electron chi connectivity index (χ4n) is 4.86. The third-order valence-electron chi connectivity index (χ3n) is 6.67.